The molecule has 1 amide bonds. The molecule has 28 heavy (non-hydrogen) atoms. The van der Waals surface area contributed by atoms with Crippen molar-refractivity contribution in [1.29, 1.82) is 0 Å². The molecule has 4 aromatic rings. The predicted octanol–water partition coefficient (Wildman–Crippen LogP) is 2.05. The number of nitrogens with zero attached hydrogens (tertiary/aromatic N) is 6. The molecule has 4 heterocycles. The fourth-order valence-corrected chi connectivity index (χ4v) is 2.96. The van der Waals surface area contributed by atoms with Gasteiger partial charge >= 0.3 is 0 Å². The molecule has 1 N–H and O–H groups in total. The van der Waals surface area contributed by atoms with Crippen LogP contribution in [0.1, 0.15) is 17.8 Å². The summed E-state index contributed by atoms with van der Waals surface area (Å²) >= 11 is 0. The van der Waals surface area contributed by atoms with E-state index >= 15 is 0 Å². The van der Waals surface area contributed by atoms with Gasteiger partial charge in [0.1, 0.15) is 0 Å². The Morgan fingerprint density at radius 1 is 1.11 bits per heavy atom. The smallest absolute Gasteiger partial charge is 0.221 e. The van der Waals surface area contributed by atoms with E-state index in [1.807, 2.05) is 49.6 Å². The van der Waals surface area contributed by atoms with E-state index in [2.05, 4.69) is 25.5 Å². The van der Waals surface area contributed by atoms with E-state index in [-0.39, 0.29) is 5.91 Å². The molecule has 0 saturated carbocycles. The highest BCUT2D eigenvalue weighted by molar-refractivity contribution is 5.75. The van der Waals surface area contributed by atoms with E-state index < -0.39 is 0 Å². The van der Waals surface area contributed by atoms with Crippen LogP contribution in [0.2, 0.25) is 0 Å². The number of fused-ring (bicyclic) bond motifs is 1. The first kappa shape index (κ1) is 17.8. The van der Waals surface area contributed by atoms with Crippen molar-refractivity contribution in [3.63, 3.8) is 0 Å². The third-order valence-corrected chi connectivity index (χ3v) is 4.40. The molecule has 0 bridgehead atoms. The highest BCUT2D eigenvalue weighted by atomic mass is 16.1. The number of hydrogen-bond acceptors (Lipinski definition) is 5. The van der Waals surface area contributed by atoms with Gasteiger partial charge in [-0.15, -0.1) is 0 Å². The van der Waals surface area contributed by atoms with Crippen LogP contribution in [0.3, 0.4) is 0 Å². The van der Waals surface area contributed by atoms with Crippen LogP contribution in [0, 0.1) is 6.92 Å². The number of hydrogen-bond donors (Lipinski definition) is 1. The van der Waals surface area contributed by atoms with Crippen LogP contribution in [0.5, 0.6) is 0 Å². The molecule has 8 nitrogen and oxygen atoms in total. The van der Waals surface area contributed by atoms with Crippen LogP contribution in [-0.4, -0.2) is 41.8 Å². The topological polar surface area (TPSA) is 90.0 Å². The number of rotatable bonds is 7. The Balaban J connectivity index is 1.31. The summed E-state index contributed by atoms with van der Waals surface area (Å²) in [5, 5.41) is 11.7. The van der Waals surface area contributed by atoms with Gasteiger partial charge in [0.25, 0.3) is 0 Å². The molecule has 4 aromatic heterocycles. The summed E-state index contributed by atoms with van der Waals surface area (Å²) in [7, 11) is 0. The Morgan fingerprint density at radius 2 is 1.96 bits per heavy atom. The molecule has 0 aliphatic heterocycles. The van der Waals surface area contributed by atoms with Gasteiger partial charge in [-0.25, -0.2) is 9.50 Å². The third kappa shape index (κ3) is 4.22. The normalized spacial score (nSPS) is 11.0. The van der Waals surface area contributed by atoms with Gasteiger partial charge in [0, 0.05) is 62.3 Å². The lowest BCUT2D eigenvalue weighted by atomic mass is 10.2. The maximum atomic E-state index is 12.0. The van der Waals surface area contributed by atoms with Gasteiger partial charge < -0.3 is 5.32 Å². The van der Waals surface area contributed by atoms with E-state index in [0.29, 0.717) is 25.9 Å². The fraction of sp³-hybridized carbons (Fsp3) is 0.250. The zero-order valence-electron chi connectivity index (χ0n) is 15.6. The lowest BCUT2D eigenvalue weighted by Crippen LogP contribution is -2.26. The summed E-state index contributed by atoms with van der Waals surface area (Å²) in [4.78, 5) is 20.7. The number of carbonyl (C=O) groups excluding carboxylic acids is 1. The molecule has 0 atom stereocenters. The Labute approximate surface area is 162 Å². The standard InChI is InChI=1S/C20H21N7O/c1-15-5-11-26(24-15)12-7-20(28)22-10-4-17-14-19-23-18(6-13-27(19)25-17)16-2-8-21-9-3-16/h2-3,5-6,8-9,11,13-14H,4,7,10,12H2,1H3,(H,22,28). The molecule has 0 spiro atoms. The average molecular weight is 375 g/mol. The minimum absolute atomic E-state index is 0.00927. The Morgan fingerprint density at radius 3 is 2.75 bits per heavy atom. The summed E-state index contributed by atoms with van der Waals surface area (Å²) in [6.45, 7) is 3.05. The monoisotopic (exact) mass is 375 g/mol. The summed E-state index contributed by atoms with van der Waals surface area (Å²) in [6, 6.07) is 9.66. The fourth-order valence-electron chi connectivity index (χ4n) is 2.96. The molecule has 0 saturated heterocycles. The molecule has 0 aromatic carbocycles. The zero-order chi connectivity index (χ0) is 19.3. The summed E-state index contributed by atoms with van der Waals surface area (Å²) in [5.74, 6) is 0.00927. The van der Waals surface area contributed by atoms with Crippen molar-refractivity contribution in [2.24, 2.45) is 0 Å². The second-order valence-electron chi connectivity index (χ2n) is 6.56. The lowest BCUT2D eigenvalue weighted by molar-refractivity contribution is -0.121. The molecule has 0 aliphatic carbocycles. The summed E-state index contributed by atoms with van der Waals surface area (Å²) in [5.41, 5.74) is 4.52. The molecular formula is C20H21N7O. The third-order valence-electron chi connectivity index (χ3n) is 4.40. The summed E-state index contributed by atoms with van der Waals surface area (Å²) < 4.78 is 3.53. The van der Waals surface area contributed by atoms with Gasteiger partial charge in [-0.2, -0.15) is 10.2 Å². The van der Waals surface area contributed by atoms with Crippen LogP contribution in [0.25, 0.3) is 16.9 Å². The van der Waals surface area contributed by atoms with Crippen molar-refractivity contribution >= 4 is 11.6 Å². The van der Waals surface area contributed by atoms with E-state index in [0.717, 1.165) is 28.3 Å². The van der Waals surface area contributed by atoms with Crippen LogP contribution >= 0.6 is 0 Å². The van der Waals surface area contributed by atoms with Crippen LogP contribution in [-0.2, 0) is 17.8 Å². The molecule has 0 aliphatic rings. The molecule has 4 rings (SSSR count). The second kappa shape index (κ2) is 7.99. The first-order valence-corrected chi connectivity index (χ1v) is 9.20. The van der Waals surface area contributed by atoms with Gasteiger partial charge in [0.05, 0.1) is 17.1 Å². The van der Waals surface area contributed by atoms with E-state index in [9.17, 15) is 4.79 Å². The highest BCUT2D eigenvalue weighted by Gasteiger charge is 2.07. The van der Waals surface area contributed by atoms with Crippen molar-refractivity contribution in [1.82, 2.24) is 34.7 Å². The molecule has 0 radical (unpaired) electrons. The molecule has 142 valence electrons. The van der Waals surface area contributed by atoms with Crippen molar-refractivity contribution in [3.05, 3.63) is 66.5 Å². The zero-order valence-corrected chi connectivity index (χ0v) is 15.6. The van der Waals surface area contributed by atoms with Crippen LogP contribution < -0.4 is 5.32 Å². The number of amides is 1. The Hall–Kier alpha value is -3.55. The summed E-state index contributed by atoms with van der Waals surface area (Å²) in [6.07, 6.45) is 8.33. The van der Waals surface area contributed by atoms with Gasteiger partial charge in [0.15, 0.2) is 5.65 Å². The van der Waals surface area contributed by atoms with E-state index in [1.165, 1.54) is 0 Å². The SMILES string of the molecule is Cc1ccn(CCC(=O)NCCc2cc3nc(-c4ccncc4)ccn3n2)n1. The molecule has 0 fully saturated rings. The molecule has 8 heteroatoms. The number of carbonyl (C=O) groups is 1. The quantitative estimate of drug-likeness (QED) is 0.534. The molecule has 0 unspecified atom stereocenters. The van der Waals surface area contributed by atoms with Crippen molar-refractivity contribution in [3.8, 4) is 11.3 Å². The number of pyridine rings is 1. The van der Waals surface area contributed by atoms with E-state index in [1.54, 1.807) is 21.6 Å². The van der Waals surface area contributed by atoms with Gasteiger partial charge in [-0.3, -0.25) is 14.5 Å². The van der Waals surface area contributed by atoms with Gasteiger partial charge in [-0.05, 0) is 31.2 Å². The predicted molar refractivity (Wildman–Crippen MR) is 105 cm³/mol. The Kier molecular flexibility index (Phi) is 5.09. The van der Waals surface area contributed by atoms with Crippen LogP contribution in [0.15, 0.2) is 55.1 Å². The second-order valence-corrected chi connectivity index (χ2v) is 6.56. The Bertz CT molecular complexity index is 1080. The average Bonchev–Trinajstić information content (AvgIpc) is 3.32. The van der Waals surface area contributed by atoms with Crippen molar-refractivity contribution in [2.75, 3.05) is 6.54 Å². The van der Waals surface area contributed by atoms with Crippen LogP contribution in [0.4, 0.5) is 0 Å². The minimum Gasteiger partial charge on any atom is -0.356 e. The largest absolute Gasteiger partial charge is 0.356 e. The van der Waals surface area contributed by atoms with Gasteiger partial charge in [0.2, 0.25) is 5.91 Å². The first-order valence-electron chi connectivity index (χ1n) is 9.20. The number of aryl methyl sites for hydroxylation is 2. The lowest BCUT2D eigenvalue weighted by Gasteiger charge is -2.04. The highest BCUT2D eigenvalue weighted by Crippen LogP contribution is 2.16. The first-order chi connectivity index (χ1) is 13.7. The minimum atomic E-state index is 0.00927. The van der Waals surface area contributed by atoms with Gasteiger partial charge in [-0.1, -0.05) is 0 Å². The van der Waals surface area contributed by atoms with Crippen molar-refractivity contribution in [2.45, 2.75) is 26.3 Å². The molecular weight excluding hydrogens is 354 g/mol. The maximum absolute atomic E-state index is 12.0. The van der Waals surface area contributed by atoms with E-state index in [4.69, 9.17) is 0 Å². The maximum Gasteiger partial charge on any atom is 0.221 e. The van der Waals surface area contributed by atoms with Crippen molar-refractivity contribution < 1.29 is 4.79 Å². The number of aromatic nitrogens is 6. The number of nitrogens with one attached hydrogen (secondary N) is 1.